The quantitative estimate of drug-likeness (QED) is 0.241. The van der Waals surface area contributed by atoms with Gasteiger partial charge in [-0.2, -0.15) is 0 Å². The Morgan fingerprint density at radius 2 is 1.87 bits per heavy atom. The lowest BCUT2D eigenvalue weighted by Gasteiger charge is -2.32. The molecular weight excluding hydrogens is 555 g/mol. The topological polar surface area (TPSA) is 120 Å². The second-order valence-corrected chi connectivity index (χ2v) is 11.0. The predicted molar refractivity (Wildman–Crippen MR) is 145 cm³/mol. The summed E-state index contributed by atoms with van der Waals surface area (Å²) >= 11 is 12.2. The Hall–Kier alpha value is -2.34. The van der Waals surface area contributed by atoms with Crippen molar-refractivity contribution in [3.8, 4) is 0 Å². The number of aliphatic hydroxyl groups is 2. The standard InChI is InChI=1S/C27H33Cl2F2N3O5/c1-27(2,39-3)11-22-24(16-9-20(31)18(29)10-21(16)33-13-36)23(14-4-5-19(30)17(28)8-14)25(34-22)26(38)32-7-6-15(37)12-35/h4-5,8-10,13,15,22-25,34-35,37H,6-7,11-12H2,1-3H3,(H,32,38)(H,33,36)/t15-,22+,23+,24+,25+/m0/s1. The van der Waals surface area contributed by atoms with Gasteiger partial charge >= 0.3 is 0 Å². The molecule has 8 nitrogen and oxygen atoms in total. The van der Waals surface area contributed by atoms with Gasteiger partial charge in [-0.3, -0.25) is 9.59 Å². The maximum absolute atomic E-state index is 14.9. The number of benzene rings is 2. The van der Waals surface area contributed by atoms with Crippen molar-refractivity contribution in [3.05, 3.63) is 63.1 Å². The van der Waals surface area contributed by atoms with E-state index < -0.39 is 59.8 Å². The van der Waals surface area contributed by atoms with Crippen LogP contribution in [0, 0.1) is 11.6 Å². The molecule has 0 radical (unpaired) electrons. The molecular formula is C27H33Cl2F2N3O5. The minimum absolute atomic E-state index is 0.0854. The van der Waals surface area contributed by atoms with E-state index in [1.54, 1.807) is 7.11 Å². The molecule has 1 saturated heterocycles. The number of ether oxygens (including phenoxy) is 1. The van der Waals surface area contributed by atoms with Crippen LogP contribution in [0.4, 0.5) is 14.5 Å². The molecule has 0 saturated carbocycles. The second kappa shape index (κ2) is 13.3. The van der Waals surface area contributed by atoms with Crippen LogP contribution < -0.4 is 16.0 Å². The van der Waals surface area contributed by atoms with Crippen molar-refractivity contribution in [2.75, 3.05) is 25.6 Å². The highest BCUT2D eigenvalue weighted by molar-refractivity contribution is 6.31. The average Bonchev–Trinajstić information content (AvgIpc) is 3.25. The first-order chi connectivity index (χ1) is 18.4. The fourth-order valence-electron chi connectivity index (χ4n) is 5.05. The van der Waals surface area contributed by atoms with E-state index in [9.17, 15) is 23.5 Å². The second-order valence-electron chi connectivity index (χ2n) is 10.2. The molecule has 0 unspecified atom stereocenters. The van der Waals surface area contributed by atoms with Crippen molar-refractivity contribution >= 4 is 41.2 Å². The fraction of sp³-hybridized carbons (Fsp3) is 0.481. The van der Waals surface area contributed by atoms with E-state index in [-0.39, 0.29) is 28.7 Å². The van der Waals surface area contributed by atoms with Gasteiger partial charge in [0, 0.05) is 37.2 Å². The van der Waals surface area contributed by atoms with Crippen LogP contribution in [0.2, 0.25) is 10.0 Å². The molecule has 12 heteroatoms. The summed E-state index contributed by atoms with van der Waals surface area (Å²) < 4.78 is 34.7. The number of aliphatic hydroxyl groups excluding tert-OH is 2. The van der Waals surface area contributed by atoms with Crippen molar-refractivity contribution in [2.24, 2.45) is 0 Å². The Bertz CT molecular complexity index is 1190. The number of carbonyl (C=O) groups excluding carboxylic acids is 2. The average molecular weight is 588 g/mol. The molecule has 1 aliphatic heterocycles. The lowest BCUT2D eigenvalue weighted by molar-refractivity contribution is -0.123. The third kappa shape index (κ3) is 7.45. The summed E-state index contributed by atoms with van der Waals surface area (Å²) in [5.41, 5.74) is 0.485. The van der Waals surface area contributed by atoms with Crippen LogP contribution in [0.1, 0.15) is 49.7 Å². The molecule has 5 atom stereocenters. The molecule has 0 aliphatic carbocycles. The number of anilines is 1. The number of halogens is 4. The number of hydrogen-bond donors (Lipinski definition) is 5. The maximum Gasteiger partial charge on any atom is 0.237 e. The Balaban J connectivity index is 2.17. The normalized spacial score (nSPS) is 22.0. The largest absolute Gasteiger partial charge is 0.394 e. The minimum atomic E-state index is -0.995. The predicted octanol–water partition coefficient (Wildman–Crippen LogP) is 3.72. The molecule has 214 valence electrons. The molecule has 1 heterocycles. The summed E-state index contributed by atoms with van der Waals surface area (Å²) in [4.78, 5) is 25.0. The molecule has 3 rings (SSSR count). The zero-order chi connectivity index (χ0) is 28.9. The van der Waals surface area contributed by atoms with Gasteiger partial charge in [0.05, 0.1) is 34.4 Å². The van der Waals surface area contributed by atoms with Gasteiger partial charge in [-0.25, -0.2) is 8.78 Å². The van der Waals surface area contributed by atoms with Crippen LogP contribution in [0.15, 0.2) is 30.3 Å². The molecule has 39 heavy (non-hydrogen) atoms. The summed E-state index contributed by atoms with van der Waals surface area (Å²) in [5, 5.41) is 27.1. The Kier molecular flexibility index (Phi) is 10.7. The summed E-state index contributed by atoms with van der Waals surface area (Å²) in [7, 11) is 1.55. The van der Waals surface area contributed by atoms with Crippen LogP contribution in [0.3, 0.4) is 0 Å². The SMILES string of the molecule is COC(C)(C)C[C@H]1N[C@@H](C(=O)NCC[C@H](O)CO)[C@H](c2ccc(F)c(Cl)c2)[C@@H]1c1cc(F)c(Cl)cc1NC=O. The van der Waals surface area contributed by atoms with E-state index >= 15 is 0 Å². The van der Waals surface area contributed by atoms with Gasteiger partial charge in [0.25, 0.3) is 0 Å². The number of hydrogen-bond acceptors (Lipinski definition) is 6. The first-order valence-electron chi connectivity index (χ1n) is 12.4. The van der Waals surface area contributed by atoms with Gasteiger partial charge in [-0.05, 0) is 62.1 Å². The third-order valence-corrected chi connectivity index (χ3v) is 7.68. The van der Waals surface area contributed by atoms with E-state index in [0.29, 0.717) is 24.0 Å². The van der Waals surface area contributed by atoms with Crippen molar-refractivity contribution < 1.29 is 33.3 Å². The van der Waals surface area contributed by atoms with Crippen LogP contribution in [-0.4, -0.2) is 66.6 Å². The lowest BCUT2D eigenvalue weighted by atomic mass is 9.75. The van der Waals surface area contributed by atoms with Crippen molar-refractivity contribution in [3.63, 3.8) is 0 Å². The molecule has 2 aromatic rings. The third-order valence-electron chi connectivity index (χ3n) is 7.10. The zero-order valence-electron chi connectivity index (χ0n) is 21.8. The van der Waals surface area contributed by atoms with Gasteiger partial charge in [-0.1, -0.05) is 29.3 Å². The zero-order valence-corrected chi connectivity index (χ0v) is 23.3. The summed E-state index contributed by atoms with van der Waals surface area (Å²) in [6.45, 7) is 3.37. The highest BCUT2D eigenvalue weighted by Gasteiger charge is 2.49. The number of rotatable bonds is 12. The molecule has 2 aromatic carbocycles. The van der Waals surface area contributed by atoms with E-state index in [0.717, 1.165) is 0 Å². The molecule has 1 aliphatic rings. The Morgan fingerprint density at radius 1 is 1.18 bits per heavy atom. The molecule has 0 aromatic heterocycles. The molecule has 5 N–H and O–H groups in total. The maximum atomic E-state index is 14.9. The van der Waals surface area contributed by atoms with E-state index in [2.05, 4.69) is 16.0 Å². The van der Waals surface area contributed by atoms with Gasteiger partial charge in [0.15, 0.2) is 0 Å². The van der Waals surface area contributed by atoms with E-state index in [4.69, 9.17) is 33.0 Å². The molecule has 1 fully saturated rings. The van der Waals surface area contributed by atoms with Crippen LogP contribution >= 0.6 is 23.2 Å². The highest BCUT2D eigenvalue weighted by Crippen LogP contribution is 2.49. The number of nitrogens with one attached hydrogen (secondary N) is 3. The van der Waals surface area contributed by atoms with Gasteiger partial charge in [0.2, 0.25) is 12.3 Å². The van der Waals surface area contributed by atoms with E-state index in [1.165, 1.54) is 30.3 Å². The fourth-order valence-corrected chi connectivity index (χ4v) is 5.41. The molecule has 0 spiro atoms. The number of carbonyl (C=O) groups is 2. The summed E-state index contributed by atoms with van der Waals surface area (Å²) in [5.74, 6) is -3.10. The number of amides is 2. The summed E-state index contributed by atoms with van der Waals surface area (Å²) in [6.07, 6.45) is -0.0477. The first-order valence-corrected chi connectivity index (χ1v) is 13.2. The van der Waals surface area contributed by atoms with Gasteiger partial charge < -0.3 is 30.9 Å². The Morgan fingerprint density at radius 3 is 2.49 bits per heavy atom. The highest BCUT2D eigenvalue weighted by atomic mass is 35.5. The Labute approximate surface area is 236 Å². The monoisotopic (exact) mass is 587 g/mol. The van der Waals surface area contributed by atoms with Gasteiger partial charge in [0.1, 0.15) is 11.6 Å². The van der Waals surface area contributed by atoms with Crippen LogP contribution in [0.5, 0.6) is 0 Å². The lowest BCUT2D eigenvalue weighted by Crippen LogP contribution is -2.46. The first kappa shape index (κ1) is 31.2. The van der Waals surface area contributed by atoms with Crippen molar-refractivity contribution in [2.45, 2.75) is 62.3 Å². The number of methoxy groups -OCH3 is 1. The van der Waals surface area contributed by atoms with Crippen LogP contribution in [-0.2, 0) is 14.3 Å². The van der Waals surface area contributed by atoms with Crippen LogP contribution in [0.25, 0.3) is 0 Å². The minimum Gasteiger partial charge on any atom is -0.394 e. The smallest absolute Gasteiger partial charge is 0.237 e. The van der Waals surface area contributed by atoms with Gasteiger partial charge in [-0.15, -0.1) is 0 Å². The summed E-state index contributed by atoms with van der Waals surface area (Å²) in [6, 6.07) is 5.28. The van der Waals surface area contributed by atoms with E-state index in [1.807, 2.05) is 13.8 Å². The van der Waals surface area contributed by atoms with Crippen molar-refractivity contribution in [1.29, 1.82) is 0 Å². The van der Waals surface area contributed by atoms with Crippen molar-refractivity contribution in [1.82, 2.24) is 10.6 Å². The molecule has 0 bridgehead atoms. The molecule has 2 amide bonds.